The Morgan fingerprint density at radius 1 is 1.43 bits per heavy atom. The molecule has 1 aromatic rings. The predicted molar refractivity (Wildman–Crippen MR) is 84.8 cm³/mol. The van der Waals surface area contributed by atoms with E-state index in [0.29, 0.717) is 26.2 Å². The van der Waals surface area contributed by atoms with Gasteiger partial charge < -0.3 is 15.4 Å². The highest BCUT2D eigenvalue weighted by molar-refractivity contribution is 6.31. The molecule has 0 bridgehead atoms. The normalized spacial score (nSPS) is 17.6. The second kappa shape index (κ2) is 6.67. The third kappa shape index (κ3) is 3.33. The zero-order valence-electron chi connectivity index (χ0n) is 12.7. The molecule has 0 spiro atoms. The number of likely N-dealkylation sites (tertiary alicyclic amines) is 1. The minimum Gasteiger partial charge on any atom is -0.450 e. The molecule has 0 aliphatic carbocycles. The molecule has 1 aliphatic rings. The molecule has 4 nitrogen and oxygen atoms in total. The van der Waals surface area contributed by atoms with Crippen LogP contribution in [0.25, 0.3) is 0 Å². The standard InChI is InChI=1S/C16H23ClN2O2/c1-3-21-15(20)19-8-6-16(11-18,7-9-19)13-4-5-14(17)12(2)10-13/h4-5,10H,3,6-9,11,18H2,1-2H3. The van der Waals surface area contributed by atoms with Gasteiger partial charge in [0.15, 0.2) is 0 Å². The van der Waals surface area contributed by atoms with Crippen LogP contribution in [-0.2, 0) is 10.2 Å². The summed E-state index contributed by atoms with van der Waals surface area (Å²) < 4.78 is 5.06. The number of rotatable bonds is 3. The monoisotopic (exact) mass is 310 g/mol. The number of carbonyl (C=O) groups is 1. The number of ether oxygens (including phenoxy) is 1. The Bertz CT molecular complexity index is 511. The molecule has 1 aliphatic heterocycles. The molecule has 2 N–H and O–H groups in total. The third-order valence-electron chi connectivity index (χ3n) is 4.41. The number of hydrogen-bond donors (Lipinski definition) is 1. The Balaban J connectivity index is 2.14. The maximum atomic E-state index is 11.8. The third-order valence-corrected chi connectivity index (χ3v) is 4.83. The Morgan fingerprint density at radius 2 is 2.10 bits per heavy atom. The summed E-state index contributed by atoms with van der Waals surface area (Å²) in [5.41, 5.74) is 8.28. The lowest BCUT2D eigenvalue weighted by atomic mass is 9.72. The fourth-order valence-electron chi connectivity index (χ4n) is 2.92. The van der Waals surface area contributed by atoms with Crippen LogP contribution in [0.1, 0.15) is 30.9 Å². The van der Waals surface area contributed by atoms with E-state index in [-0.39, 0.29) is 11.5 Å². The van der Waals surface area contributed by atoms with E-state index in [1.807, 2.05) is 19.9 Å². The van der Waals surface area contributed by atoms with E-state index in [1.165, 1.54) is 5.56 Å². The van der Waals surface area contributed by atoms with Crippen LogP contribution in [0.5, 0.6) is 0 Å². The molecule has 1 saturated heterocycles. The van der Waals surface area contributed by atoms with Crippen molar-refractivity contribution >= 4 is 17.7 Å². The van der Waals surface area contributed by atoms with Crippen molar-refractivity contribution in [3.05, 3.63) is 34.3 Å². The van der Waals surface area contributed by atoms with Gasteiger partial charge in [-0.2, -0.15) is 0 Å². The van der Waals surface area contributed by atoms with Crippen LogP contribution in [0, 0.1) is 6.92 Å². The Labute approximate surface area is 131 Å². The van der Waals surface area contributed by atoms with Crippen LogP contribution in [0.15, 0.2) is 18.2 Å². The average molecular weight is 311 g/mol. The highest BCUT2D eigenvalue weighted by Gasteiger charge is 2.36. The molecule has 2 rings (SSSR count). The fraction of sp³-hybridized carbons (Fsp3) is 0.562. The summed E-state index contributed by atoms with van der Waals surface area (Å²) in [5.74, 6) is 0. The van der Waals surface area contributed by atoms with Gasteiger partial charge in [0.2, 0.25) is 0 Å². The molecule has 1 fully saturated rings. The smallest absolute Gasteiger partial charge is 0.409 e. The molecule has 0 atom stereocenters. The highest BCUT2D eigenvalue weighted by Crippen LogP contribution is 2.36. The number of nitrogens with two attached hydrogens (primary N) is 1. The van der Waals surface area contributed by atoms with Crippen molar-refractivity contribution in [3.8, 4) is 0 Å². The van der Waals surface area contributed by atoms with E-state index in [2.05, 4.69) is 12.1 Å². The van der Waals surface area contributed by atoms with Crippen LogP contribution in [0.2, 0.25) is 5.02 Å². The zero-order valence-corrected chi connectivity index (χ0v) is 13.4. The van der Waals surface area contributed by atoms with E-state index in [1.54, 1.807) is 4.90 Å². The number of halogens is 1. The van der Waals surface area contributed by atoms with Crippen LogP contribution >= 0.6 is 11.6 Å². The quantitative estimate of drug-likeness (QED) is 0.933. The molecule has 1 amide bonds. The summed E-state index contributed by atoms with van der Waals surface area (Å²) in [6.45, 7) is 6.17. The van der Waals surface area contributed by atoms with Crippen LogP contribution in [0.3, 0.4) is 0 Å². The van der Waals surface area contributed by atoms with Gasteiger partial charge in [0.1, 0.15) is 0 Å². The van der Waals surface area contributed by atoms with E-state index >= 15 is 0 Å². The largest absolute Gasteiger partial charge is 0.450 e. The summed E-state index contributed by atoms with van der Waals surface area (Å²) >= 11 is 6.11. The second-order valence-corrected chi connectivity index (χ2v) is 6.04. The van der Waals surface area contributed by atoms with Gasteiger partial charge in [-0.15, -0.1) is 0 Å². The van der Waals surface area contributed by atoms with Gasteiger partial charge in [-0.05, 0) is 43.9 Å². The van der Waals surface area contributed by atoms with Crippen LogP contribution in [0.4, 0.5) is 4.79 Å². The van der Waals surface area contributed by atoms with Gasteiger partial charge in [0.05, 0.1) is 6.61 Å². The minimum atomic E-state index is -0.226. The molecular weight excluding hydrogens is 288 g/mol. The summed E-state index contributed by atoms with van der Waals surface area (Å²) in [5, 5.41) is 0.773. The topological polar surface area (TPSA) is 55.6 Å². The molecule has 21 heavy (non-hydrogen) atoms. The molecule has 0 aromatic heterocycles. The highest BCUT2D eigenvalue weighted by atomic mass is 35.5. The molecule has 0 unspecified atom stereocenters. The van der Waals surface area contributed by atoms with Gasteiger partial charge in [-0.1, -0.05) is 23.7 Å². The number of hydrogen-bond acceptors (Lipinski definition) is 3. The Morgan fingerprint density at radius 3 is 2.62 bits per heavy atom. The molecule has 116 valence electrons. The fourth-order valence-corrected chi connectivity index (χ4v) is 3.03. The zero-order chi connectivity index (χ0) is 15.5. The minimum absolute atomic E-state index is 0.0711. The molecule has 1 heterocycles. The Hall–Kier alpha value is -1.26. The van der Waals surface area contributed by atoms with Crippen molar-refractivity contribution in [1.29, 1.82) is 0 Å². The maximum Gasteiger partial charge on any atom is 0.409 e. The lowest BCUT2D eigenvalue weighted by molar-refractivity contribution is 0.0871. The number of aryl methyl sites for hydroxylation is 1. The van der Waals surface area contributed by atoms with Gasteiger partial charge >= 0.3 is 6.09 Å². The molecule has 5 heteroatoms. The van der Waals surface area contributed by atoms with E-state index in [4.69, 9.17) is 22.1 Å². The second-order valence-electron chi connectivity index (χ2n) is 5.63. The Kier molecular flexibility index (Phi) is 5.12. The lowest BCUT2D eigenvalue weighted by Gasteiger charge is -2.41. The summed E-state index contributed by atoms with van der Waals surface area (Å²) in [6, 6.07) is 6.11. The number of carbonyl (C=O) groups excluding carboxylic acids is 1. The summed E-state index contributed by atoms with van der Waals surface area (Å²) in [6.07, 6.45) is 1.47. The van der Waals surface area contributed by atoms with Gasteiger partial charge in [0, 0.05) is 30.1 Å². The van der Waals surface area contributed by atoms with E-state index in [9.17, 15) is 4.79 Å². The van der Waals surface area contributed by atoms with Crippen molar-refractivity contribution in [2.24, 2.45) is 5.73 Å². The molecule has 0 radical (unpaired) electrons. The van der Waals surface area contributed by atoms with Gasteiger partial charge in [-0.25, -0.2) is 4.79 Å². The van der Waals surface area contributed by atoms with Crippen molar-refractivity contribution in [2.75, 3.05) is 26.2 Å². The average Bonchev–Trinajstić information content (AvgIpc) is 2.50. The van der Waals surface area contributed by atoms with Crippen molar-refractivity contribution in [2.45, 2.75) is 32.1 Å². The lowest BCUT2D eigenvalue weighted by Crippen LogP contribution is -2.48. The number of piperidine rings is 1. The van der Waals surface area contributed by atoms with Crippen molar-refractivity contribution in [3.63, 3.8) is 0 Å². The van der Waals surface area contributed by atoms with Crippen molar-refractivity contribution in [1.82, 2.24) is 4.90 Å². The maximum absolute atomic E-state index is 11.8. The van der Waals surface area contributed by atoms with Crippen LogP contribution in [-0.4, -0.2) is 37.2 Å². The molecular formula is C16H23ClN2O2. The first kappa shape index (κ1) is 16.1. The predicted octanol–water partition coefficient (Wildman–Crippen LogP) is 3.10. The number of benzene rings is 1. The first-order valence-electron chi connectivity index (χ1n) is 7.41. The number of amides is 1. The van der Waals surface area contributed by atoms with E-state index < -0.39 is 0 Å². The molecule has 0 saturated carbocycles. The summed E-state index contributed by atoms with van der Waals surface area (Å²) in [7, 11) is 0. The first-order chi connectivity index (χ1) is 10.0. The van der Waals surface area contributed by atoms with E-state index in [0.717, 1.165) is 23.4 Å². The van der Waals surface area contributed by atoms with Crippen molar-refractivity contribution < 1.29 is 9.53 Å². The molecule has 1 aromatic carbocycles. The van der Waals surface area contributed by atoms with Crippen LogP contribution < -0.4 is 5.73 Å². The van der Waals surface area contributed by atoms with Gasteiger partial charge in [-0.3, -0.25) is 0 Å². The summed E-state index contributed by atoms with van der Waals surface area (Å²) in [4.78, 5) is 13.6. The van der Waals surface area contributed by atoms with Gasteiger partial charge in [0.25, 0.3) is 0 Å². The number of nitrogens with zero attached hydrogens (tertiary/aromatic N) is 1. The first-order valence-corrected chi connectivity index (χ1v) is 7.78. The SMILES string of the molecule is CCOC(=O)N1CCC(CN)(c2ccc(Cl)c(C)c2)CC1.